The van der Waals surface area contributed by atoms with E-state index in [1.165, 1.54) is 32.1 Å². The highest BCUT2D eigenvalue weighted by atomic mass is 16.5. The number of aromatic nitrogens is 1. The highest BCUT2D eigenvalue weighted by Crippen LogP contribution is 2.38. The third-order valence-electron chi connectivity index (χ3n) is 6.50. The van der Waals surface area contributed by atoms with Gasteiger partial charge in [0.1, 0.15) is 0 Å². The molecule has 3 heterocycles. The molecule has 0 aromatic carbocycles. The van der Waals surface area contributed by atoms with Gasteiger partial charge in [-0.2, -0.15) is 0 Å². The number of carboxylic acids is 1. The van der Waals surface area contributed by atoms with Crippen molar-refractivity contribution in [3.63, 3.8) is 0 Å². The van der Waals surface area contributed by atoms with Gasteiger partial charge in [-0.25, -0.2) is 0 Å². The normalized spacial score (nSPS) is 31.6. The second-order valence-electron chi connectivity index (χ2n) is 8.12. The number of aliphatic carboxylic acids is 1. The minimum atomic E-state index is -0.658. The molecule has 0 amide bonds. The third kappa shape index (κ3) is 3.34. The highest BCUT2D eigenvalue weighted by molar-refractivity contribution is 5.76. The molecule has 2 N–H and O–H groups in total. The van der Waals surface area contributed by atoms with Crippen LogP contribution in [0.2, 0.25) is 0 Å². The lowest BCUT2D eigenvalue weighted by Crippen LogP contribution is -2.62. The molecule has 2 atom stereocenters. The number of hydrogen-bond acceptors (Lipinski definition) is 5. The predicted molar refractivity (Wildman–Crippen MR) is 93.3 cm³/mol. The van der Waals surface area contributed by atoms with Crippen LogP contribution in [0.5, 0.6) is 0 Å². The zero-order chi connectivity index (χ0) is 17.3. The van der Waals surface area contributed by atoms with Gasteiger partial charge < -0.3 is 14.9 Å². The van der Waals surface area contributed by atoms with Crippen LogP contribution in [0.15, 0.2) is 10.6 Å². The highest BCUT2D eigenvalue weighted by Gasteiger charge is 2.50. The zero-order valence-corrected chi connectivity index (χ0v) is 14.9. The van der Waals surface area contributed by atoms with E-state index < -0.39 is 11.4 Å². The standard InChI is InChI=1S/C19H29N3O3/c23-18(24)19-8-4-9-20-17(19)7-10-22(13-19)12-15-11-16(21-25-15)14-5-2-1-3-6-14/h11,14,17,20H,1-10,12-13H2,(H,23,24)/t17-,19+/m1/s1. The van der Waals surface area contributed by atoms with E-state index in [9.17, 15) is 9.90 Å². The van der Waals surface area contributed by atoms with Crippen LogP contribution >= 0.6 is 0 Å². The topological polar surface area (TPSA) is 78.6 Å². The van der Waals surface area contributed by atoms with Crippen molar-refractivity contribution in [1.82, 2.24) is 15.4 Å². The lowest BCUT2D eigenvalue weighted by atomic mass is 9.70. The largest absolute Gasteiger partial charge is 0.481 e. The molecule has 2 saturated heterocycles. The first-order valence-electron chi connectivity index (χ1n) is 9.82. The van der Waals surface area contributed by atoms with E-state index in [4.69, 9.17) is 4.52 Å². The summed E-state index contributed by atoms with van der Waals surface area (Å²) < 4.78 is 5.60. The molecule has 6 heteroatoms. The van der Waals surface area contributed by atoms with Gasteiger partial charge in [-0.05, 0) is 38.6 Å². The average Bonchev–Trinajstić information content (AvgIpc) is 3.10. The lowest BCUT2D eigenvalue weighted by Gasteiger charge is -2.48. The van der Waals surface area contributed by atoms with Crippen LogP contribution in [-0.4, -0.2) is 46.8 Å². The summed E-state index contributed by atoms with van der Waals surface area (Å²) in [5.41, 5.74) is 0.444. The van der Waals surface area contributed by atoms with Crippen LogP contribution in [0.4, 0.5) is 0 Å². The van der Waals surface area contributed by atoms with Crippen molar-refractivity contribution in [2.75, 3.05) is 19.6 Å². The molecule has 0 spiro atoms. The molecule has 0 unspecified atom stereocenters. The van der Waals surface area contributed by atoms with E-state index in [-0.39, 0.29) is 6.04 Å². The van der Waals surface area contributed by atoms with Gasteiger partial charge in [-0.1, -0.05) is 24.4 Å². The first-order chi connectivity index (χ1) is 12.2. The maximum atomic E-state index is 12.0. The van der Waals surface area contributed by atoms with Crippen LogP contribution < -0.4 is 5.32 Å². The Hall–Kier alpha value is -1.40. The van der Waals surface area contributed by atoms with Crippen LogP contribution in [-0.2, 0) is 11.3 Å². The number of hydrogen-bond donors (Lipinski definition) is 2. The van der Waals surface area contributed by atoms with Gasteiger partial charge in [-0.15, -0.1) is 0 Å². The van der Waals surface area contributed by atoms with Gasteiger partial charge in [0.15, 0.2) is 5.76 Å². The molecule has 1 aromatic heterocycles. The summed E-state index contributed by atoms with van der Waals surface area (Å²) in [6.07, 6.45) is 8.92. The molecule has 4 rings (SSSR count). The van der Waals surface area contributed by atoms with E-state index in [1.807, 2.05) is 0 Å². The van der Waals surface area contributed by atoms with Crippen molar-refractivity contribution in [1.29, 1.82) is 0 Å². The molecule has 2 aliphatic heterocycles. The smallest absolute Gasteiger partial charge is 0.312 e. The molecule has 0 bridgehead atoms. The minimum absolute atomic E-state index is 0.0996. The Morgan fingerprint density at radius 3 is 2.96 bits per heavy atom. The number of piperidine rings is 2. The monoisotopic (exact) mass is 347 g/mol. The summed E-state index contributed by atoms with van der Waals surface area (Å²) in [6, 6.07) is 2.21. The van der Waals surface area contributed by atoms with Crippen LogP contribution in [0.3, 0.4) is 0 Å². The summed E-state index contributed by atoms with van der Waals surface area (Å²) in [4.78, 5) is 14.3. The fourth-order valence-electron chi connectivity index (χ4n) is 5.08. The number of carboxylic acid groups (broad SMARTS) is 1. The lowest BCUT2D eigenvalue weighted by molar-refractivity contribution is -0.157. The Morgan fingerprint density at radius 1 is 1.32 bits per heavy atom. The maximum absolute atomic E-state index is 12.0. The summed E-state index contributed by atoms with van der Waals surface area (Å²) in [5.74, 6) is 0.767. The first kappa shape index (κ1) is 17.0. The second-order valence-corrected chi connectivity index (χ2v) is 8.12. The molecule has 25 heavy (non-hydrogen) atoms. The Kier molecular flexibility index (Phi) is 4.82. The number of carbonyl (C=O) groups is 1. The SMILES string of the molecule is O=C(O)[C@]12CCCN[C@@H]1CCN(Cc1cc(C3CCCCC3)no1)C2. The Morgan fingerprint density at radius 2 is 2.16 bits per heavy atom. The maximum Gasteiger partial charge on any atom is 0.312 e. The van der Waals surface area contributed by atoms with Crippen LogP contribution in [0.1, 0.15) is 68.7 Å². The van der Waals surface area contributed by atoms with Crippen molar-refractivity contribution in [3.8, 4) is 0 Å². The fourth-order valence-corrected chi connectivity index (χ4v) is 5.08. The van der Waals surface area contributed by atoms with Gasteiger partial charge in [0.25, 0.3) is 0 Å². The van der Waals surface area contributed by atoms with Crippen molar-refractivity contribution in [2.24, 2.45) is 5.41 Å². The average molecular weight is 347 g/mol. The van der Waals surface area contributed by atoms with Crippen LogP contribution in [0, 0.1) is 5.41 Å². The van der Waals surface area contributed by atoms with Gasteiger partial charge in [0.2, 0.25) is 0 Å². The van der Waals surface area contributed by atoms with Crippen molar-refractivity contribution in [3.05, 3.63) is 17.5 Å². The molecule has 1 saturated carbocycles. The van der Waals surface area contributed by atoms with Crippen LogP contribution in [0.25, 0.3) is 0 Å². The molecule has 138 valence electrons. The summed E-state index contributed by atoms with van der Waals surface area (Å²) in [5, 5.41) is 17.6. The van der Waals surface area contributed by atoms with E-state index >= 15 is 0 Å². The fraction of sp³-hybridized carbons (Fsp3) is 0.789. The zero-order valence-electron chi connectivity index (χ0n) is 14.9. The van der Waals surface area contributed by atoms with E-state index in [0.717, 1.165) is 43.8 Å². The number of rotatable bonds is 4. The number of nitrogens with one attached hydrogen (secondary N) is 1. The van der Waals surface area contributed by atoms with Crippen molar-refractivity contribution >= 4 is 5.97 Å². The van der Waals surface area contributed by atoms with E-state index in [1.54, 1.807) is 0 Å². The quantitative estimate of drug-likeness (QED) is 0.872. The number of fused-ring (bicyclic) bond motifs is 1. The molecular weight excluding hydrogens is 318 g/mol. The number of nitrogens with zero attached hydrogens (tertiary/aromatic N) is 2. The number of likely N-dealkylation sites (tertiary alicyclic amines) is 1. The summed E-state index contributed by atoms with van der Waals surface area (Å²) in [6.45, 7) is 3.11. The van der Waals surface area contributed by atoms with Crippen molar-refractivity contribution in [2.45, 2.75) is 69.9 Å². The van der Waals surface area contributed by atoms with Gasteiger partial charge >= 0.3 is 5.97 Å². The molecule has 1 aromatic rings. The third-order valence-corrected chi connectivity index (χ3v) is 6.50. The van der Waals surface area contributed by atoms with Gasteiger partial charge in [0.05, 0.1) is 17.7 Å². The molecule has 0 radical (unpaired) electrons. The molecular formula is C19H29N3O3. The van der Waals surface area contributed by atoms with E-state index in [0.29, 0.717) is 19.0 Å². The Balaban J connectivity index is 1.43. The Bertz CT molecular complexity index is 611. The Labute approximate surface area is 148 Å². The molecule has 1 aliphatic carbocycles. The second kappa shape index (κ2) is 7.08. The minimum Gasteiger partial charge on any atom is -0.481 e. The molecule has 6 nitrogen and oxygen atoms in total. The summed E-state index contributed by atoms with van der Waals surface area (Å²) in [7, 11) is 0. The predicted octanol–water partition coefficient (Wildman–Crippen LogP) is 2.75. The summed E-state index contributed by atoms with van der Waals surface area (Å²) >= 11 is 0. The molecule has 3 aliphatic rings. The molecule has 3 fully saturated rings. The first-order valence-corrected chi connectivity index (χ1v) is 9.82. The van der Waals surface area contributed by atoms with Gasteiger partial charge in [-0.3, -0.25) is 9.69 Å². The van der Waals surface area contributed by atoms with E-state index in [2.05, 4.69) is 21.4 Å². The van der Waals surface area contributed by atoms with Gasteiger partial charge in [0, 0.05) is 31.1 Å². The van der Waals surface area contributed by atoms with Crippen molar-refractivity contribution < 1.29 is 14.4 Å².